The molecule has 3 N–H and O–H groups in total. The second-order valence-corrected chi connectivity index (χ2v) is 3.85. The van der Waals surface area contributed by atoms with Crippen molar-refractivity contribution >= 4 is 17.2 Å². The van der Waals surface area contributed by atoms with E-state index in [1.54, 1.807) is 12.1 Å². The van der Waals surface area contributed by atoms with Gasteiger partial charge in [-0.2, -0.15) is 4.98 Å². The van der Waals surface area contributed by atoms with Crippen LogP contribution in [0.15, 0.2) is 41.6 Å². The highest BCUT2D eigenvalue weighted by Gasteiger charge is 2.06. The highest BCUT2D eigenvalue weighted by molar-refractivity contribution is 5.60. The number of rotatable bonds is 5. The molecule has 98 valence electrons. The third-order valence-corrected chi connectivity index (χ3v) is 2.57. The van der Waals surface area contributed by atoms with Gasteiger partial charge in [0.25, 0.3) is 0 Å². The number of anilines is 2. The van der Waals surface area contributed by atoms with Crippen LogP contribution >= 0.6 is 0 Å². The van der Waals surface area contributed by atoms with Gasteiger partial charge in [0.2, 0.25) is 5.88 Å². The lowest BCUT2D eigenvalue weighted by Gasteiger charge is -2.08. The lowest BCUT2D eigenvalue weighted by molar-refractivity contribution is 0.400. The molecule has 0 unspecified atom stereocenters. The Morgan fingerprint density at radius 3 is 2.89 bits per heavy atom. The van der Waals surface area contributed by atoms with Gasteiger partial charge in [-0.1, -0.05) is 12.1 Å². The highest BCUT2D eigenvalue weighted by Crippen LogP contribution is 2.27. The standard InChI is InChI=1S/C13H14N4O2/c1-19-13-11(17-18)5-6-12(16-13)15-10-4-2-3-9(7-10)8-14/h2-7H,8,14H2,1H3,(H,15,16). The normalized spacial score (nSPS) is 10.0. The molecule has 6 nitrogen and oxygen atoms in total. The Balaban J connectivity index is 2.25. The van der Waals surface area contributed by atoms with Crippen LogP contribution in [-0.2, 0) is 6.54 Å². The molecule has 19 heavy (non-hydrogen) atoms. The van der Waals surface area contributed by atoms with Crippen LogP contribution in [0, 0.1) is 4.91 Å². The maximum Gasteiger partial charge on any atom is 0.245 e. The Bertz CT molecular complexity index is 587. The van der Waals surface area contributed by atoms with Gasteiger partial charge in [0.15, 0.2) is 5.69 Å². The predicted octanol–water partition coefficient (Wildman–Crippen LogP) is 2.69. The van der Waals surface area contributed by atoms with Crippen LogP contribution in [0.2, 0.25) is 0 Å². The monoisotopic (exact) mass is 258 g/mol. The summed E-state index contributed by atoms with van der Waals surface area (Å²) in [6.45, 7) is 0.472. The lowest BCUT2D eigenvalue weighted by Crippen LogP contribution is -1.99. The van der Waals surface area contributed by atoms with Crippen molar-refractivity contribution in [3.8, 4) is 5.88 Å². The van der Waals surface area contributed by atoms with Gasteiger partial charge in [0, 0.05) is 12.2 Å². The van der Waals surface area contributed by atoms with Crippen LogP contribution in [-0.4, -0.2) is 12.1 Å². The number of nitrogens with two attached hydrogens (primary N) is 1. The van der Waals surface area contributed by atoms with Crippen molar-refractivity contribution in [1.29, 1.82) is 0 Å². The Labute approximate surface area is 110 Å². The van der Waals surface area contributed by atoms with Gasteiger partial charge in [-0.25, -0.2) is 0 Å². The molecule has 0 aliphatic carbocycles. The SMILES string of the molecule is COc1nc(Nc2cccc(CN)c2)ccc1N=O. The zero-order chi connectivity index (χ0) is 13.7. The second kappa shape index (κ2) is 5.92. The van der Waals surface area contributed by atoms with E-state index >= 15 is 0 Å². The molecule has 2 aromatic rings. The fourth-order valence-electron chi connectivity index (χ4n) is 1.65. The first-order valence-electron chi connectivity index (χ1n) is 5.71. The molecule has 0 aliphatic heterocycles. The van der Waals surface area contributed by atoms with Crippen LogP contribution < -0.4 is 15.8 Å². The number of hydrogen-bond acceptors (Lipinski definition) is 6. The number of benzene rings is 1. The van der Waals surface area contributed by atoms with Gasteiger partial charge < -0.3 is 15.8 Å². The molecule has 1 aromatic heterocycles. The molecule has 0 saturated heterocycles. The van der Waals surface area contributed by atoms with Gasteiger partial charge >= 0.3 is 0 Å². The van der Waals surface area contributed by atoms with Crippen molar-refractivity contribution < 1.29 is 4.74 Å². The molecule has 0 radical (unpaired) electrons. The van der Waals surface area contributed by atoms with E-state index in [2.05, 4.69) is 15.5 Å². The first-order valence-corrected chi connectivity index (χ1v) is 5.71. The van der Waals surface area contributed by atoms with Crippen molar-refractivity contribution in [1.82, 2.24) is 4.98 Å². The van der Waals surface area contributed by atoms with E-state index in [-0.39, 0.29) is 11.6 Å². The average Bonchev–Trinajstić information content (AvgIpc) is 2.47. The second-order valence-electron chi connectivity index (χ2n) is 3.85. The van der Waals surface area contributed by atoms with Crippen molar-refractivity contribution in [3.63, 3.8) is 0 Å². The van der Waals surface area contributed by atoms with E-state index < -0.39 is 0 Å². The minimum Gasteiger partial charge on any atom is -0.479 e. The van der Waals surface area contributed by atoms with Crippen LogP contribution in [0.3, 0.4) is 0 Å². The minimum absolute atomic E-state index is 0.170. The molecule has 1 aromatic carbocycles. The third kappa shape index (κ3) is 3.05. The zero-order valence-electron chi connectivity index (χ0n) is 10.5. The average molecular weight is 258 g/mol. The summed E-state index contributed by atoms with van der Waals surface area (Å²) in [5.41, 5.74) is 7.64. The molecular formula is C13H14N4O2. The van der Waals surface area contributed by atoms with Crippen molar-refractivity contribution in [2.75, 3.05) is 12.4 Å². The Kier molecular flexibility index (Phi) is 4.04. The Hall–Kier alpha value is -2.47. The molecule has 0 spiro atoms. The van der Waals surface area contributed by atoms with Crippen molar-refractivity contribution in [2.24, 2.45) is 10.9 Å². The molecule has 1 heterocycles. The summed E-state index contributed by atoms with van der Waals surface area (Å²) >= 11 is 0. The van der Waals surface area contributed by atoms with Crippen molar-refractivity contribution in [3.05, 3.63) is 46.9 Å². The largest absolute Gasteiger partial charge is 0.479 e. The van der Waals surface area contributed by atoms with Crippen LogP contribution in [0.4, 0.5) is 17.2 Å². The number of nitroso groups, excluding NO2 is 1. The van der Waals surface area contributed by atoms with Gasteiger partial charge in [-0.3, -0.25) is 0 Å². The number of methoxy groups -OCH3 is 1. The van der Waals surface area contributed by atoms with E-state index in [1.807, 2.05) is 24.3 Å². The van der Waals surface area contributed by atoms with E-state index in [0.29, 0.717) is 12.4 Å². The number of nitrogens with zero attached hydrogens (tertiary/aromatic N) is 2. The molecule has 0 amide bonds. The molecule has 0 saturated carbocycles. The summed E-state index contributed by atoms with van der Waals surface area (Å²) in [7, 11) is 1.44. The van der Waals surface area contributed by atoms with E-state index in [4.69, 9.17) is 10.5 Å². The number of aromatic nitrogens is 1. The molecule has 0 bridgehead atoms. The summed E-state index contributed by atoms with van der Waals surface area (Å²) < 4.78 is 4.99. The number of pyridine rings is 1. The Morgan fingerprint density at radius 1 is 1.37 bits per heavy atom. The highest BCUT2D eigenvalue weighted by atomic mass is 16.5. The topological polar surface area (TPSA) is 89.6 Å². The minimum atomic E-state index is 0.170. The summed E-state index contributed by atoms with van der Waals surface area (Å²) in [5, 5.41) is 5.95. The fourth-order valence-corrected chi connectivity index (χ4v) is 1.65. The maximum atomic E-state index is 10.5. The maximum absolute atomic E-state index is 10.5. The summed E-state index contributed by atoms with van der Waals surface area (Å²) in [6, 6.07) is 10.9. The summed E-state index contributed by atoms with van der Waals surface area (Å²) in [6.07, 6.45) is 0. The molecule has 0 fully saturated rings. The van der Waals surface area contributed by atoms with Gasteiger partial charge in [-0.05, 0) is 35.0 Å². The van der Waals surface area contributed by atoms with Crippen molar-refractivity contribution in [2.45, 2.75) is 6.54 Å². The smallest absolute Gasteiger partial charge is 0.245 e. The van der Waals surface area contributed by atoms with Gasteiger partial charge in [-0.15, -0.1) is 4.91 Å². The zero-order valence-corrected chi connectivity index (χ0v) is 10.5. The van der Waals surface area contributed by atoms with Crippen LogP contribution in [0.25, 0.3) is 0 Å². The van der Waals surface area contributed by atoms with Crippen LogP contribution in [0.5, 0.6) is 5.88 Å². The summed E-state index contributed by atoms with van der Waals surface area (Å²) in [4.78, 5) is 14.7. The molecule has 0 aliphatic rings. The quantitative estimate of drug-likeness (QED) is 0.805. The summed E-state index contributed by atoms with van der Waals surface area (Å²) in [5.74, 6) is 0.758. The van der Waals surface area contributed by atoms with Gasteiger partial charge in [0.05, 0.1) is 7.11 Å². The van der Waals surface area contributed by atoms with E-state index in [9.17, 15) is 4.91 Å². The molecule has 0 atom stereocenters. The Morgan fingerprint density at radius 2 is 2.21 bits per heavy atom. The van der Waals surface area contributed by atoms with Crippen LogP contribution in [0.1, 0.15) is 5.56 Å². The molecule has 2 rings (SSSR count). The predicted molar refractivity (Wildman–Crippen MR) is 73.9 cm³/mol. The number of nitrogens with one attached hydrogen (secondary N) is 1. The van der Waals surface area contributed by atoms with E-state index in [0.717, 1.165) is 11.3 Å². The third-order valence-electron chi connectivity index (χ3n) is 2.57. The fraction of sp³-hybridized carbons (Fsp3) is 0.154. The van der Waals surface area contributed by atoms with Gasteiger partial charge in [0.1, 0.15) is 5.82 Å². The van der Waals surface area contributed by atoms with E-state index in [1.165, 1.54) is 7.11 Å². The molecular weight excluding hydrogens is 244 g/mol. The lowest BCUT2D eigenvalue weighted by atomic mass is 10.2. The number of ether oxygens (including phenoxy) is 1. The first kappa shape index (κ1) is 13.0. The molecule has 6 heteroatoms. The number of hydrogen-bond donors (Lipinski definition) is 2. The first-order chi connectivity index (χ1) is 9.26.